The SMILES string of the molecule is COC(=O)[C@H]1C[C@@H](Oc2ccnc(COc3ccc(C#N)cc3F)n2)CCN1C(=O)OC(C)(C)C. The van der Waals surface area contributed by atoms with Crippen molar-refractivity contribution in [3.05, 3.63) is 47.7 Å². The predicted octanol–water partition coefficient (Wildman–Crippen LogP) is 3.39. The third-order valence-corrected chi connectivity index (χ3v) is 5.04. The number of methoxy groups -OCH3 is 1. The lowest BCUT2D eigenvalue weighted by Crippen LogP contribution is -2.53. The molecule has 2 atom stereocenters. The molecule has 0 aliphatic carbocycles. The Kier molecular flexibility index (Phi) is 8.06. The van der Waals surface area contributed by atoms with Gasteiger partial charge in [0, 0.05) is 31.6 Å². The zero-order valence-corrected chi connectivity index (χ0v) is 20.0. The van der Waals surface area contributed by atoms with Crippen molar-refractivity contribution in [1.29, 1.82) is 5.26 Å². The molecular weight excluding hydrogens is 459 g/mol. The van der Waals surface area contributed by atoms with Crippen LogP contribution in [0.15, 0.2) is 30.5 Å². The van der Waals surface area contributed by atoms with Crippen LogP contribution in [0.25, 0.3) is 0 Å². The topological polar surface area (TPSA) is 124 Å². The van der Waals surface area contributed by atoms with Crippen LogP contribution in [0.3, 0.4) is 0 Å². The third kappa shape index (κ3) is 7.02. The lowest BCUT2D eigenvalue weighted by molar-refractivity contribution is -0.149. The molecule has 35 heavy (non-hydrogen) atoms. The molecule has 1 saturated heterocycles. The molecule has 1 amide bonds. The molecule has 1 aromatic carbocycles. The largest absolute Gasteiger partial charge is 0.483 e. The number of amides is 1. The van der Waals surface area contributed by atoms with Gasteiger partial charge in [-0.25, -0.2) is 19.0 Å². The van der Waals surface area contributed by atoms with Crippen molar-refractivity contribution in [2.75, 3.05) is 13.7 Å². The minimum atomic E-state index is -0.863. The van der Waals surface area contributed by atoms with Gasteiger partial charge in [0.2, 0.25) is 5.88 Å². The van der Waals surface area contributed by atoms with Crippen molar-refractivity contribution >= 4 is 12.1 Å². The standard InChI is InChI=1S/C24H27FN4O6/c1-24(2,3)35-23(31)29-10-8-16(12-18(29)22(30)32-4)34-21-7-9-27-20(28-21)14-33-19-6-5-15(13-26)11-17(19)25/h5-7,9,11,16,18H,8,10,12,14H2,1-4H3/t16-,18+/m0/s1. The van der Waals surface area contributed by atoms with Gasteiger partial charge in [0.05, 0.1) is 18.7 Å². The second-order valence-corrected chi connectivity index (χ2v) is 8.83. The molecule has 0 saturated carbocycles. The number of carbonyl (C=O) groups is 2. The average Bonchev–Trinajstić information content (AvgIpc) is 2.81. The molecule has 0 unspecified atom stereocenters. The van der Waals surface area contributed by atoms with Gasteiger partial charge in [-0.15, -0.1) is 0 Å². The number of nitrogens with zero attached hydrogens (tertiary/aromatic N) is 4. The number of carbonyl (C=O) groups excluding carboxylic acids is 2. The quantitative estimate of drug-likeness (QED) is 0.565. The van der Waals surface area contributed by atoms with Crippen molar-refractivity contribution in [2.45, 2.75) is 58.0 Å². The van der Waals surface area contributed by atoms with E-state index in [1.54, 1.807) is 26.8 Å². The van der Waals surface area contributed by atoms with E-state index in [-0.39, 0.29) is 42.6 Å². The number of halogens is 1. The van der Waals surface area contributed by atoms with Gasteiger partial charge >= 0.3 is 12.1 Å². The predicted molar refractivity (Wildman–Crippen MR) is 120 cm³/mol. The summed E-state index contributed by atoms with van der Waals surface area (Å²) in [6, 6.07) is 6.43. The summed E-state index contributed by atoms with van der Waals surface area (Å²) in [6.45, 7) is 5.36. The maximum Gasteiger partial charge on any atom is 0.411 e. The molecule has 0 spiro atoms. The number of piperidine rings is 1. The minimum absolute atomic E-state index is 0.0330. The highest BCUT2D eigenvalue weighted by atomic mass is 19.1. The van der Waals surface area contributed by atoms with Crippen LogP contribution in [-0.4, -0.2) is 58.3 Å². The Bertz CT molecular complexity index is 1110. The molecule has 0 radical (unpaired) electrons. The van der Waals surface area contributed by atoms with Gasteiger partial charge in [-0.05, 0) is 39.0 Å². The van der Waals surface area contributed by atoms with E-state index in [4.69, 9.17) is 24.2 Å². The number of hydrogen-bond donors (Lipinski definition) is 0. The molecule has 0 bridgehead atoms. The van der Waals surface area contributed by atoms with E-state index in [1.807, 2.05) is 6.07 Å². The first-order valence-corrected chi connectivity index (χ1v) is 11.0. The van der Waals surface area contributed by atoms with E-state index in [1.165, 1.54) is 30.3 Å². The van der Waals surface area contributed by atoms with E-state index in [2.05, 4.69) is 9.97 Å². The Morgan fingerprint density at radius 3 is 2.71 bits per heavy atom. The van der Waals surface area contributed by atoms with Gasteiger partial charge in [0.15, 0.2) is 17.4 Å². The molecule has 1 aliphatic heterocycles. The first-order valence-electron chi connectivity index (χ1n) is 11.0. The summed E-state index contributed by atoms with van der Waals surface area (Å²) < 4.78 is 35.7. The number of aromatic nitrogens is 2. The zero-order chi connectivity index (χ0) is 25.6. The number of nitriles is 1. The molecular formula is C24H27FN4O6. The number of ether oxygens (including phenoxy) is 4. The maximum absolute atomic E-state index is 14.0. The maximum atomic E-state index is 14.0. The molecule has 1 aromatic heterocycles. The summed E-state index contributed by atoms with van der Waals surface area (Å²) in [6.07, 6.45) is 1.10. The fourth-order valence-corrected chi connectivity index (χ4v) is 3.45. The van der Waals surface area contributed by atoms with Crippen molar-refractivity contribution in [3.8, 4) is 17.7 Å². The monoisotopic (exact) mass is 486 g/mol. The van der Waals surface area contributed by atoms with E-state index in [9.17, 15) is 14.0 Å². The highest BCUT2D eigenvalue weighted by molar-refractivity contribution is 5.81. The van der Waals surface area contributed by atoms with Crippen LogP contribution in [0, 0.1) is 17.1 Å². The first-order chi connectivity index (χ1) is 16.6. The van der Waals surface area contributed by atoms with Crippen molar-refractivity contribution < 1.29 is 32.9 Å². The summed E-state index contributed by atoms with van der Waals surface area (Å²) in [4.78, 5) is 34.7. The molecule has 2 aromatic rings. The average molecular weight is 487 g/mol. The molecule has 3 rings (SSSR count). The number of esters is 1. The smallest absolute Gasteiger partial charge is 0.411 e. The van der Waals surface area contributed by atoms with Gasteiger partial charge in [-0.1, -0.05) is 0 Å². The van der Waals surface area contributed by atoms with Gasteiger partial charge in [-0.3, -0.25) is 4.90 Å². The van der Waals surface area contributed by atoms with Gasteiger partial charge in [0.25, 0.3) is 0 Å². The second kappa shape index (κ2) is 11.0. The van der Waals surface area contributed by atoms with Crippen LogP contribution >= 0.6 is 0 Å². The fraction of sp³-hybridized carbons (Fsp3) is 0.458. The molecule has 186 valence electrons. The molecule has 1 fully saturated rings. The highest BCUT2D eigenvalue weighted by Gasteiger charge is 2.40. The van der Waals surface area contributed by atoms with Gasteiger partial charge in [0.1, 0.15) is 24.4 Å². The van der Waals surface area contributed by atoms with E-state index in [0.717, 1.165) is 6.07 Å². The Hall–Kier alpha value is -3.94. The Morgan fingerprint density at radius 1 is 1.29 bits per heavy atom. The molecule has 2 heterocycles. The van der Waals surface area contributed by atoms with E-state index >= 15 is 0 Å². The summed E-state index contributed by atoms with van der Waals surface area (Å²) in [7, 11) is 1.26. The summed E-state index contributed by atoms with van der Waals surface area (Å²) in [5.74, 6) is -0.762. The number of benzene rings is 1. The Balaban J connectivity index is 1.64. The van der Waals surface area contributed by atoms with Crippen LogP contribution in [0.2, 0.25) is 0 Å². The van der Waals surface area contributed by atoms with Crippen molar-refractivity contribution in [1.82, 2.24) is 14.9 Å². The van der Waals surface area contributed by atoms with Gasteiger partial charge in [-0.2, -0.15) is 10.2 Å². The van der Waals surface area contributed by atoms with Crippen LogP contribution < -0.4 is 9.47 Å². The highest BCUT2D eigenvalue weighted by Crippen LogP contribution is 2.25. The lowest BCUT2D eigenvalue weighted by atomic mass is 9.99. The Morgan fingerprint density at radius 2 is 2.06 bits per heavy atom. The van der Waals surface area contributed by atoms with Crippen LogP contribution in [0.4, 0.5) is 9.18 Å². The third-order valence-electron chi connectivity index (χ3n) is 5.04. The number of rotatable bonds is 6. The van der Waals surface area contributed by atoms with E-state index < -0.39 is 35.6 Å². The minimum Gasteiger partial charge on any atom is -0.483 e. The van der Waals surface area contributed by atoms with Crippen LogP contribution in [-0.2, 0) is 20.9 Å². The molecule has 1 aliphatic rings. The normalized spacial score (nSPS) is 17.8. The molecule has 11 heteroatoms. The number of likely N-dealkylation sites (tertiary alicyclic amines) is 1. The lowest BCUT2D eigenvalue weighted by Gasteiger charge is -2.38. The van der Waals surface area contributed by atoms with Crippen molar-refractivity contribution in [2.24, 2.45) is 0 Å². The summed E-state index contributed by atoms with van der Waals surface area (Å²) in [5, 5.41) is 8.83. The second-order valence-electron chi connectivity index (χ2n) is 8.83. The molecule has 10 nitrogen and oxygen atoms in total. The fourth-order valence-electron chi connectivity index (χ4n) is 3.45. The van der Waals surface area contributed by atoms with E-state index in [0.29, 0.717) is 6.42 Å². The van der Waals surface area contributed by atoms with Crippen LogP contribution in [0.1, 0.15) is 45.0 Å². The molecule has 0 N–H and O–H groups in total. The first kappa shape index (κ1) is 25.7. The Labute approximate surface area is 202 Å². The van der Waals surface area contributed by atoms with Gasteiger partial charge < -0.3 is 18.9 Å². The van der Waals surface area contributed by atoms with Crippen LogP contribution in [0.5, 0.6) is 11.6 Å². The summed E-state index contributed by atoms with van der Waals surface area (Å²) >= 11 is 0. The van der Waals surface area contributed by atoms with Crippen molar-refractivity contribution in [3.63, 3.8) is 0 Å². The zero-order valence-electron chi connectivity index (χ0n) is 20.0. The summed E-state index contributed by atoms with van der Waals surface area (Å²) in [5.41, 5.74) is -0.518. The number of hydrogen-bond acceptors (Lipinski definition) is 9.